The van der Waals surface area contributed by atoms with Gasteiger partial charge in [0.25, 0.3) is 0 Å². The zero-order chi connectivity index (χ0) is 25.4. The molecule has 182 valence electrons. The number of aromatic nitrogens is 6. The number of rotatable bonds is 7. The number of nitrogens with zero attached hydrogens (tertiary/aromatic N) is 4. The molecule has 0 saturated heterocycles. The Kier molecular flexibility index (Phi) is 5.73. The number of H-pyrrole nitrogens is 2. The van der Waals surface area contributed by atoms with Gasteiger partial charge >= 0.3 is 0 Å². The highest BCUT2D eigenvalue weighted by molar-refractivity contribution is 6.00. The van der Waals surface area contributed by atoms with E-state index in [-0.39, 0.29) is 0 Å². The number of benzene rings is 1. The molecule has 0 amide bonds. The molecule has 0 aliphatic carbocycles. The van der Waals surface area contributed by atoms with Crippen molar-refractivity contribution in [1.29, 1.82) is 0 Å². The van der Waals surface area contributed by atoms with Crippen LogP contribution in [0.3, 0.4) is 0 Å². The molecule has 37 heavy (non-hydrogen) atoms. The number of fused-ring (bicyclic) bond motifs is 2. The summed E-state index contributed by atoms with van der Waals surface area (Å²) in [6.07, 6.45) is 10.0. The van der Waals surface area contributed by atoms with E-state index in [1.165, 1.54) is 0 Å². The number of hydrogen-bond donors (Lipinski definition) is 3. The maximum Gasteiger partial charge on any atom is 0.116 e. The Bertz CT molecular complexity index is 1730. The Balaban J connectivity index is 1.38. The van der Waals surface area contributed by atoms with Crippen LogP contribution in [0.4, 0.5) is 5.69 Å². The highest BCUT2D eigenvalue weighted by Crippen LogP contribution is 2.34. The molecule has 6 aromatic rings. The number of pyridine rings is 3. The van der Waals surface area contributed by atoms with Crippen molar-refractivity contribution in [2.24, 2.45) is 5.92 Å². The summed E-state index contributed by atoms with van der Waals surface area (Å²) in [7, 11) is 0. The van der Waals surface area contributed by atoms with Crippen molar-refractivity contribution >= 4 is 27.5 Å². The smallest absolute Gasteiger partial charge is 0.116 e. The van der Waals surface area contributed by atoms with Gasteiger partial charge in [0, 0.05) is 57.9 Å². The zero-order valence-corrected chi connectivity index (χ0v) is 20.8. The minimum absolute atomic E-state index is 0.541. The maximum atomic E-state index is 4.66. The van der Waals surface area contributed by atoms with Gasteiger partial charge in [-0.15, -0.1) is 0 Å². The highest BCUT2D eigenvalue weighted by Gasteiger charge is 2.15. The van der Waals surface area contributed by atoms with Crippen LogP contribution in [-0.2, 0) is 0 Å². The molecule has 0 unspecified atom stereocenters. The number of allylic oxidation sites excluding steroid dienone is 1. The fourth-order valence-corrected chi connectivity index (χ4v) is 4.73. The van der Waals surface area contributed by atoms with E-state index in [0.29, 0.717) is 5.92 Å². The lowest BCUT2D eigenvalue weighted by molar-refractivity contribution is 0.645. The van der Waals surface area contributed by atoms with Gasteiger partial charge in [0.05, 0.1) is 28.8 Å². The van der Waals surface area contributed by atoms with Crippen LogP contribution in [0.15, 0.2) is 91.8 Å². The van der Waals surface area contributed by atoms with Gasteiger partial charge in [-0.3, -0.25) is 20.1 Å². The SMILES string of the molecule is C=C(CC(C)C)Nc1cncc(-c2ccc3[nH]nc(-c4cc5c(-c6ccncc6)nccc5[nH]4)c3c2)c1. The molecule has 5 heterocycles. The second-order valence-corrected chi connectivity index (χ2v) is 9.66. The molecule has 3 N–H and O–H groups in total. The zero-order valence-electron chi connectivity index (χ0n) is 20.8. The molecule has 0 atom stereocenters. The molecule has 6 rings (SSSR count). The van der Waals surface area contributed by atoms with Crippen molar-refractivity contribution in [2.75, 3.05) is 5.32 Å². The van der Waals surface area contributed by atoms with Gasteiger partial charge in [-0.25, -0.2) is 0 Å². The predicted octanol–water partition coefficient (Wildman–Crippen LogP) is 7.20. The van der Waals surface area contributed by atoms with E-state index in [1.807, 2.05) is 36.8 Å². The Morgan fingerprint density at radius 2 is 1.68 bits per heavy atom. The van der Waals surface area contributed by atoms with Crippen LogP contribution in [0, 0.1) is 5.92 Å². The minimum Gasteiger partial charge on any atom is -0.358 e. The second-order valence-electron chi connectivity index (χ2n) is 9.66. The van der Waals surface area contributed by atoms with E-state index in [4.69, 9.17) is 0 Å². The van der Waals surface area contributed by atoms with E-state index in [0.717, 1.165) is 73.4 Å². The monoisotopic (exact) mass is 485 g/mol. The lowest BCUT2D eigenvalue weighted by atomic mass is 10.0. The third-order valence-electron chi connectivity index (χ3n) is 6.37. The van der Waals surface area contributed by atoms with E-state index < -0.39 is 0 Å². The topological polar surface area (TPSA) is 95.2 Å². The molecule has 0 saturated carbocycles. The summed E-state index contributed by atoms with van der Waals surface area (Å²) in [6, 6.07) is 16.5. The maximum absolute atomic E-state index is 4.66. The first-order chi connectivity index (χ1) is 18.0. The highest BCUT2D eigenvalue weighted by atomic mass is 15.1. The first-order valence-electron chi connectivity index (χ1n) is 12.3. The molecule has 5 aromatic heterocycles. The Labute approximate surface area is 214 Å². The lowest BCUT2D eigenvalue weighted by Crippen LogP contribution is -2.02. The normalized spacial score (nSPS) is 11.4. The molecule has 0 spiro atoms. The summed E-state index contributed by atoms with van der Waals surface area (Å²) in [5.74, 6) is 0.541. The van der Waals surface area contributed by atoms with Crippen LogP contribution < -0.4 is 5.32 Å². The summed E-state index contributed by atoms with van der Waals surface area (Å²) in [5, 5.41) is 13.3. The first kappa shape index (κ1) is 22.7. The Hall–Kier alpha value is -4.78. The van der Waals surface area contributed by atoms with Crippen LogP contribution in [-0.4, -0.2) is 30.1 Å². The van der Waals surface area contributed by atoms with Crippen LogP contribution in [0.2, 0.25) is 0 Å². The quantitative estimate of drug-likeness (QED) is 0.222. The van der Waals surface area contributed by atoms with Crippen LogP contribution >= 0.6 is 0 Å². The van der Waals surface area contributed by atoms with Crippen molar-refractivity contribution in [1.82, 2.24) is 30.1 Å². The molecule has 0 fully saturated rings. The molecule has 0 aliphatic heterocycles. The largest absolute Gasteiger partial charge is 0.358 e. The van der Waals surface area contributed by atoms with Crippen LogP contribution in [0.1, 0.15) is 20.3 Å². The van der Waals surface area contributed by atoms with Gasteiger partial charge < -0.3 is 10.3 Å². The van der Waals surface area contributed by atoms with Crippen LogP contribution in [0.25, 0.3) is 55.6 Å². The lowest BCUT2D eigenvalue weighted by Gasteiger charge is -2.12. The molecule has 0 bridgehead atoms. The van der Waals surface area contributed by atoms with Gasteiger partial charge in [0.1, 0.15) is 5.69 Å². The summed E-state index contributed by atoms with van der Waals surface area (Å²) >= 11 is 0. The summed E-state index contributed by atoms with van der Waals surface area (Å²) in [4.78, 5) is 16.8. The van der Waals surface area contributed by atoms with E-state index in [2.05, 4.69) is 86.2 Å². The fraction of sp³-hybridized carbons (Fsp3) is 0.133. The third-order valence-corrected chi connectivity index (χ3v) is 6.37. The molecular formula is C30H27N7. The van der Waals surface area contributed by atoms with Gasteiger partial charge in [-0.2, -0.15) is 5.10 Å². The summed E-state index contributed by atoms with van der Waals surface area (Å²) in [6.45, 7) is 8.52. The number of aromatic amines is 2. The Morgan fingerprint density at radius 1 is 0.838 bits per heavy atom. The van der Waals surface area contributed by atoms with E-state index in [9.17, 15) is 0 Å². The van der Waals surface area contributed by atoms with Crippen LogP contribution in [0.5, 0.6) is 0 Å². The molecule has 0 aliphatic rings. The second kappa shape index (κ2) is 9.35. The molecule has 1 aromatic carbocycles. The van der Waals surface area contributed by atoms with Crippen molar-refractivity contribution in [2.45, 2.75) is 20.3 Å². The number of hydrogen-bond acceptors (Lipinski definition) is 5. The summed E-state index contributed by atoms with van der Waals surface area (Å²) < 4.78 is 0. The first-order valence-corrected chi connectivity index (χ1v) is 12.3. The standard InChI is InChI=1S/C30H27N7/c1-18(2)12-19(3)34-23-13-22(16-32-17-23)21-4-5-27-24(14-21)30(37-36-27)28-15-25-26(35-28)8-11-33-29(25)20-6-9-31-10-7-20/h4-11,13-18,34-35H,3,12H2,1-2H3,(H,36,37). The predicted molar refractivity (Wildman–Crippen MR) is 150 cm³/mol. The van der Waals surface area contributed by atoms with Crippen molar-refractivity contribution in [3.63, 3.8) is 0 Å². The Morgan fingerprint density at radius 3 is 2.51 bits per heavy atom. The number of nitrogens with one attached hydrogen (secondary N) is 3. The van der Waals surface area contributed by atoms with E-state index in [1.54, 1.807) is 12.4 Å². The van der Waals surface area contributed by atoms with E-state index >= 15 is 0 Å². The van der Waals surface area contributed by atoms with Gasteiger partial charge in [0.2, 0.25) is 0 Å². The molecule has 7 heteroatoms. The summed E-state index contributed by atoms with van der Waals surface area (Å²) in [5.41, 5.74) is 9.72. The van der Waals surface area contributed by atoms with Gasteiger partial charge in [-0.05, 0) is 60.4 Å². The van der Waals surface area contributed by atoms with Crippen molar-refractivity contribution in [3.05, 3.63) is 91.8 Å². The third kappa shape index (κ3) is 4.47. The van der Waals surface area contributed by atoms with Gasteiger partial charge in [-0.1, -0.05) is 26.5 Å². The van der Waals surface area contributed by atoms with Crippen molar-refractivity contribution < 1.29 is 0 Å². The fourth-order valence-electron chi connectivity index (χ4n) is 4.73. The van der Waals surface area contributed by atoms with Gasteiger partial charge in [0.15, 0.2) is 0 Å². The average molecular weight is 486 g/mol. The molecule has 7 nitrogen and oxygen atoms in total. The molecule has 0 radical (unpaired) electrons. The molecular weight excluding hydrogens is 458 g/mol. The van der Waals surface area contributed by atoms with Crippen molar-refractivity contribution in [3.8, 4) is 33.8 Å². The minimum atomic E-state index is 0.541. The average Bonchev–Trinajstić information content (AvgIpc) is 3.52. The number of anilines is 1.